The Morgan fingerprint density at radius 3 is 2.68 bits per heavy atom. The molecule has 0 saturated heterocycles. The summed E-state index contributed by atoms with van der Waals surface area (Å²) in [5, 5.41) is 0. The van der Waals surface area contributed by atoms with Crippen molar-refractivity contribution in [2.75, 3.05) is 13.1 Å². The first-order valence-electron chi connectivity index (χ1n) is 10.8. The molecule has 1 aliphatic rings. The Morgan fingerprint density at radius 1 is 1.16 bits per heavy atom. The number of hydrogen-bond donors (Lipinski definition) is 0. The maximum atomic E-state index is 14.9. The summed E-state index contributed by atoms with van der Waals surface area (Å²) in [6, 6.07) is 19.0. The lowest BCUT2D eigenvalue weighted by Gasteiger charge is -2.29. The molecular weight excluding hydrogens is 391 g/mol. The molecule has 1 unspecified atom stereocenters. The molecule has 0 aliphatic carbocycles. The monoisotopic (exact) mass is 418 g/mol. The van der Waals surface area contributed by atoms with Gasteiger partial charge in [0.1, 0.15) is 30.2 Å². The number of ether oxygens (including phenoxy) is 1. The lowest BCUT2D eigenvalue weighted by molar-refractivity contribution is -0.110. The Balaban J connectivity index is 1.43. The summed E-state index contributed by atoms with van der Waals surface area (Å²) in [7, 11) is 0. The van der Waals surface area contributed by atoms with Gasteiger partial charge in [-0.05, 0) is 54.4 Å². The predicted molar refractivity (Wildman–Crippen MR) is 119 cm³/mol. The first kappa shape index (κ1) is 21.2. The summed E-state index contributed by atoms with van der Waals surface area (Å²) in [5.74, 6) is 0.490. The average molecular weight is 419 g/mol. The van der Waals surface area contributed by atoms with Gasteiger partial charge in [-0.1, -0.05) is 37.3 Å². The van der Waals surface area contributed by atoms with Crippen LogP contribution in [0.15, 0.2) is 60.7 Å². The van der Waals surface area contributed by atoms with Gasteiger partial charge in [0, 0.05) is 36.7 Å². The van der Waals surface area contributed by atoms with E-state index < -0.39 is 0 Å². The number of carbonyl (C=O) groups is 1. The van der Waals surface area contributed by atoms with Crippen LogP contribution in [0.3, 0.4) is 0 Å². The van der Waals surface area contributed by atoms with Crippen molar-refractivity contribution < 1.29 is 13.9 Å². The number of fused-ring (bicyclic) bond motifs is 1. The summed E-state index contributed by atoms with van der Waals surface area (Å²) in [6.07, 6.45) is 2.60. The zero-order valence-electron chi connectivity index (χ0n) is 17.8. The second-order valence-corrected chi connectivity index (χ2v) is 8.15. The van der Waals surface area contributed by atoms with Gasteiger partial charge < -0.3 is 9.53 Å². The van der Waals surface area contributed by atoms with E-state index in [0.717, 1.165) is 60.4 Å². The molecule has 0 bridgehead atoms. The highest BCUT2D eigenvalue weighted by Crippen LogP contribution is 2.28. The Bertz CT molecular complexity index is 1020. The van der Waals surface area contributed by atoms with Crippen LogP contribution in [0.1, 0.15) is 30.2 Å². The zero-order chi connectivity index (χ0) is 21.6. The fourth-order valence-electron chi connectivity index (χ4n) is 3.80. The highest BCUT2D eigenvalue weighted by molar-refractivity contribution is 5.61. The molecule has 2 heterocycles. The standard InChI is InChI=1S/C26H27FN2O2/c1-19(17-30)11-13-29-14-12-25-22(16-29)15-24(27)26(28-25)21-7-9-23(10-8-21)31-18-20-5-3-2-4-6-20/h2-10,15,17,19H,11-14,16,18H2,1H3. The van der Waals surface area contributed by atoms with Crippen LogP contribution < -0.4 is 4.74 Å². The average Bonchev–Trinajstić information content (AvgIpc) is 2.81. The molecule has 0 saturated carbocycles. The van der Waals surface area contributed by atoms with E-state index in [-0.39, 0.29) is 11.7 Å². The topological polar surface area (TPSA) is 42.4 Å². The highest BCUT2D eigenvalue weighted by Gasteiger charge is 2.21. The van der Waals surface area contributed by atoms with E-state index in [9.17, 15) is 9.18 Å². The molecule has 1 aromatic heterocycles. The van der Waals surface area contributed by atoms with E-state index in [0.29, 0.717) is 18.8 Å². The summed E-state index contributed by atoms with van der Waals surface area (Å²) >= 11 is 0. The van der Waals surface area contributed by atoms with Crippen LogP contribution in [-0.4, -0.2) is 29.3 Å². The van der Waals surface area contributed by atoms with Crippen molar-refractivity contribution in [1.29, 1.82) is 0 Å². The fraction of sp³-hybridized carbons (Fsp3) is 0.308. The first-order chi connectivity index (χ1) is 15.1. The number of halogens is 1. The minimum atomic E-state index is -0.306. The van der Waals surface area contributed by atoms with Crippen LogP contribution in [0, 0.1) is 11.7 Å². The van der Waals surface area contributed by atoms with Crippen molar-refractivity contribution >= 4 is 6.29 Å². The van der Waals surface area contributed by atoms with Gasteiger partial charge in [0.25, 0.3) is 0 Å². The SMILES string of the molecule is CC(C=O)CCN1CCc2nc(-c3ccc(OCc4ccccc4)cc3)c(F)cc2C1. The number of pyridine rings is 1. The number of hydrogen-bond acceptors (Lipinski definition) is 4. The Morgan fingerprint density at radius 2 is 1.94 bits per heavy atom. The van der Waals surface area contributed by atoms with Crippen molar-refractivity contribution in [1.82, 2.24) is 9.88 Å². The van der Waals surface area contributed by atoms with Crippen LogP contribution >= 0.6 is 0 Å². The third-order valence-corrected chi connectivity index (χ3v) is 5.71. The molecule has 2 aromatic carbocycles. The predicted octanol–water partition coefficient (Wildman–Crippen LogP) is 5.05. The van der Waals surface area contributed by atoms with E-state index in [1.807, 2.05) is 61.5 Å². The summed E-state index contributed by atoms with van der Waals surface area (Å²) in [5.41, 5.74) is 4.13. The van der Waals surface area contributed by atoms with Gasteiger partial charge >= 0.3 is 0 Å². The van der Waals surface area contributed by atoms with Gasteiger partial charge in [0.2, 0.25) is 0 Å². The summed E-state index contributed by atoms with van der Waals surface area (Å²) in [6.45, 7) is 4.82. The number of nitrogens with zero attached hydrogens (tertiary/aromatic N) is 2. The van der Waals surface area contributed by atoms with Crippen LogP contribution in [-0.2, 0) is 24.4 Å². The van der Waals surface area contributed by atoms with E-state index >= 15 is 0 Å². The van der Waals surface area contributed by atoms with E-state index in [2.05, 4.69) is 9.88 Å². The smallest absolute Gasteiger partial charge is 0.149 e. The van der Waals surface area contributed by atoms with Gasteiger partial charge in [-0.2, -0.15) is 0 Å². The number of carbonyl (C=O) groups excluding carboxylic acids is 1. The van der Waals surface area contributed by atoms with Gasteiger partial charge in [-0.25, -0.2) is 9.37 Å². The molecule has 31 heavy (non-hydrogen) atoms. The Labute approximate surface area is 182 Å². The molecule has 5 heteroatoms. The second kappa shape index (κ2) is 9.84. The van der Waals surface area contributed by atoms with Crippen molar-refractivity contribution in [3.05, 3.63) is 83.3 Å². The number of benzene rings is 2. The number of aldehydes is 1. The van der Waals surface area contributed by atoms with E-state index in [4.69, 9.17) is 4.74 Å². The van der Waals surface area contributed by atoms with Gasteiger partial charge in [-0.15, -0.1) is 0 Å². The van der Waals surface area contributed by atoms with Crippen molar-refractivity contribution in [3.8, 4) is 17.0 Å². The molecule has 3 aromatic rings. The van der Waals surface area contributed by atoms with Crippen LogP contribution in [0.4, 0.5) is 4.39 Å². The largest absolute Gasteiger partial charge is 0.489 e. The molecule has 4 rings (SSSR count). The van der Waals surface area contributed by atoms with Gasteiger partial charge in [-0.3, -0.25) is 4.90 Å². The van der Waals surface area contributed by atoms with Gasteiger partial charge in [0.05, 0.1) is 0 Å². The molecule has 0 radical (unpaired) electrons. The highest BCUT2D eigenvalue weighted by atomic mass is 19.1. The lowest BCUT2D eigenvalue weighted by Crippen LogP contribution is -2.33. The van der Waals surface area contributed by atoms with Crippen LogP contribution in [0.2, 0.25) is 0 Å². The molecule has 0 spiro atoms. The lowest BCUT2D eigenvalue weighted by atomic mass is 10.0. The van der Waals surface area contributed by atoms with Crippen LogP contribution in [0.25, 0.3) is 11.3 Å². The molecular formula is C26H27FN2O2. The molecule has 1 atom stereocenters. The summed E-state index contributed by atoms with van der Waals surface area (Å²) in [4.78, 5) is 17.7. The van der Waals surface area contributed by atoms with Gasteiger partial charge in [0.15, 0.2) is 0 Å². The van der Waals surface area contributed by atoms with Crippen molar-refractivity contribution in [2.24, 2.45) is 5.92 Å². The molecule has 0 fully saturated rings. The van der Waals surface area contributed by atoms with E-state index in [1.165, 1.54) is 0 Å². The maximum Gasteiger partial charge on any atom is 0.149 e. The minimum Gasteiger partial charge on any atom is -0.489 e. The van der Waals surface area contributed by atoms with E-state index in [1.54, 1.807) is 6.07 Å². The minimum absolute atomic E-state index is 0.0540. The van der Waals surface area contributed by atoms with Crippen LogP contribution in [0.5, 0.6) is 5.75 Å². The fourth-order valence-corrected chi connectivity index (χ4v) is 3.80. The Kier molecular flexibility index (Phi) is 6.73. The zero-order valence-corrected chi connectivity index (χ0v) is 17.8. The maximum absolute atomic E-state index is 14.9. The molecule has 0 N–H and O–H groups in total. The normalized spacial score (nSPS) is 14.6. The third-order valence-electron chi connectivity index (χ3n) is 5.71. The first-order valence-corrected chi connectivity index (χ1v) is 10.8. The molecule has 160 valence electrons. The molecule has 1 aliphatic heterocycles. The molecule has 4 nitrogen and oxygen atoms in total. The van der Waals surface area contributed by atoms with Crippen molar-refractivity contribution in [3.63, 3.8) is 0 Å². The quantitative estimate of drug-likeness (QED) is 0.480. The number of aromatic nitrogens is 1. The number of rotatable bonds is 8. The van der Waals surface area contributed by atoms with Crippen molar-refractivity contribution in [2.45, 2.75) is 32.9 Å². The summed E-state index contributed by atoms with van der Waals surface area (Å²) < 4.78 is 20.7. The molecule has 0 amide bonds. The Hall–Kier alpha value is -3.05. The third kappa shape index (κ3) is 5.36. The second-order valence-electron chi connectivity index (χ2n) is 8.15.